The maximum atomic E-state index is 13.2. The molecule has 0 saturated heterocycles. The Bertz CT molecular complexity index is 1030. The van der Waals surface area contributed by atoms with Gasteiger partial charge < -0.3 is 20.3 Å². The van der Waals surface area contributed by atoms with Gasteiger partial charge in [-0.1, -0.05) is 42.4 Å². The van der Waals surface area contributed by atoms with Crippen molar-refractivity contribution in [3.8, 4) is 0 Å². The summed E-state index contributed by atoms with van der Waals surface area (Å²) in [6, 6.07) is 9.54. The van der Waals surface area contributed by atoms with E-state index in [1.54, 1.807) is 11.5 Å². The summed E-state index contributed by atoms with van der Waals surface area (Å²) in [5.41, 5.74) is 1.57. The highest BCUT2D eigenvalue weighted by molar-refractivity contribution is 5.74. The molecule has 1 unspecified atom stereocenters. The number of aryl methyl sites for hydroxylation is 1. The van der Waals surface area contributed by atoms with Crippen LogP contribution in [0.1, 0.15) is 42.9 Å². The van der Waals surface area contributed by atoms with Gasteiger partial charge in [-0.15, -0.1) is 0 Å². The Kier molecular flexibility index (Phi) is 6.61. The van der Waals surface area contributed by atoms with Crippen molar-refractivity contribution in [3.63, 3.8) is 0 Å². The van der Waals surface area contributed by atoms with E-state index in [0.717, 1.165) is 5.56 Å². The smallest absolute Gasteiger partial charge is 0.404 e. The fraction of sp³-hybridized carbons (Fsp3) is 0.400. The standard InChI is InChI=1S/C20H25N5O4/c1-3-15(21-10-7-11-22-20(27)28)17-23-18-16(13(2)24-29-18)19(26)25(17)12-14-8-5-4-6-9-14/h4-6,8-9,15,21-22H,3,7,10-12H2,1-2H3,(H,27,28). The zero-order valence-electron chi connectivity index (χ0n) is 16.5. The minimum atomic E-state index is -1.04. The lowest BCUT2D eigenvalue weighted by atomic mass is 10.1. The molecule has 3 N–H and O–H groups in total. The monoisotopic (exact) mass is 399 g/mol. The van der Waals surface area contributed by atoms with Crippen LogP contribution in [0, 0.1) is 6.92 Å². The van der Waals surface area contributed by atoms with Gasteiger partial charge in [-0.05, 0) is 31.9 Å². The molecule has 1 amide bonds. The minimum absolute atomic E-state index is 0.180. The lowest BCUT2D eigenvalue weighted by Gasteiger charge is -2.21. The van der Waals surface area contributed by atoms with Crippen LogP contribution in [-0.2, 0) is 6.54 Å². The molecule has 0 saturated carbocycles. The van der Waals surface area contributed by atoms with Crippen LogP contribution in [0.5, 0.6) is 0 Å². The largest absolute Gasteiger partial charge is 0.465 e. The number of aromatic nitrogens is 3. The number of hydrogen-bond donors (Lipinski definition) is 3. The Hall–Kier alpha value is -3.20. The average molecular weight is 399 g/mol. The summed E-state index contributed by atoms with van der Waals surface area (Å²) in [7, 11) is 0. The number of benzene rings is 1. The summed E-state index contributed by atoms with van der Waals surface area (Å²) >= 11 is 0. The molecule has 0 spiro atoms. The van der Waals surface area contributed by atoms with Crippen molar-refractivity contribution in [3.05, 3.63) is 57.8 Å². The summed E-state index contributed by atoms with van der Waals surface area (Å²) in [4.78, 5) is 28.4. The molecule has 3 aromatic rings. The lowest BCUT2D eigenvalue weighted by molar-refractivity contribution is 0.194. The molecule has 3 rings (SSSR count). The Morgan fingerprint density at radius 1 is 1.28 bits per heavy atom. The van der Waals surface area contributed by atoms with Crippen LogP contribution in [0.25, 0.3) is 11.1 Å². The molecule has 0 bridgehead atoms. The molecule has 9 nitrogen and oxygen atoms in total. The molecular weight excluding hydrogens is 374 g/mol. The second-order valence-electron chi connectivity index (χ2n) is 6.80. The van der Waals surface area contributed by atoms with E-state index in [1.165, 1.54) is 0 Å². The molecule has 2 heterocycles. The first kappa shape index (κ1) is 20.5. The molecule has 0 aliphatic carbocycles. The summed E-state index contributed by atoms with van der Waals surface area (Å²) < 4.78 is 6.93. The minimum Gasteiger partial charge on any atom is -0.465 e. The molecule has 154 valence electrons. The molecule has 0 radical (unpaired) electrons. The number of carboxylic acid groups (broad SMARTS) is 1. The van der Waals surface area contributed by atoms with Crippen LogP contribution in [0.3, 0.4) is 0 Å². The van der Waals surface area contributed by atoms with E-state index >= 15 is 0 Å². The van der Waals surface area contributed by atoms with Crippen molar-refractivity contribution in [2.45, 2.75) is 39.3 Å². The maximum Gasteiger partial charge on any atom is 0.404 e. The average Bonchev–Trinajstić information content (AvgIpc) is 3.08. The predicted molar refractivity (Wildman–Crippen MR) is 108 cm³/mol. The van der Waals surface area contributed by atoms with Gasteiger partial charge in [0.1, 0.15) is 11.2 Å². The summed E-state index contributed by atoms with van der Waals surface area (Å²) in [5, 5.41) is 18.7. The van der Waals surface area contributed by atoms with Crippen LogP contribution < -0.4 is 16.2 Å². The normalized spacial score (nSPS) is 12.2. The summed E-state index contributed by atoms with van der Waals surface area (Å²) in [6.07, 6.45) is 0.281. The van der Waals surface area contributed by atoms with Gasteiger partial charge in [-0.2, -0.15) is 4.98 Å². The summed E-state index contributed by atoms with van der Waals surface area (Å²) in [5.74, 6) is 0.580. The number of rotatable bonds is 9. The van der Waals surface area contributed by atoms with E-state index in [4.69, 9.17) is 9.63 Å². The molecular formula is C20H25N5O4. The van der Waals surface area contributed by atoms with Gasteiger partial charge in [-0.25, -0.2) is 4.79 Å². The number of fused-ring (bicyclic) bond motifs is 1. The van der Waals surface area contributed by atoms with Crippen molar-refractivity contribution in [1.29, 1.82) is 0 Å². The van der Waals surface area contributed by atoms with Gasteiger partial charge >= 0.3 is 6.09 Å². The topological polar surface area (TPSA) is 122 Å². The fourth-order valence-electron chi connectivity index (χ4n) is 3.25. The lowest BCUT2D eigenvalue weighted by Crippen LogP contribution is -2.33. The van der Waals surface area contributed by atoms with E-state index in [0.29, 0.717) is 49.4 Å². The van der Waals surface area contributed by atoms with Gasteiger partial charge in [0.2, 0.25) is 0 Å². The van der Waals surface area contributed by atoms with Gasteiger partial charge in [-0.3, -0.25) is 9.36 Å². The second-order valence-corrected chi connectivity index (χ2v) is 6.80. The Morgan fingerprint density at radius 2 is 2.03 bits per heavy atom. The van der Waals surface area contributed by atoms with Crippen LogP contribution in [0.15, 0.2) is 39.6 Å². The van der Waals surface area contributed by atoms with Crippen molar-refractivity contribution in [2.24, 2.45) is 0 Å². The molecule has 2 aromatic heterocycles. The van der Waals surface area contributed by atoms with Crippen molar-refractivity contribution < 1.29 is 14.4 Å². The van der Waals surface area contributed by atoms with E-state index in [9.17, 15) is 9.59 Å². The zero-order valence-corrected chi connectivity index (χ0v) is 16.5. The molecule has 1 atom stereocenters. The first-order chi connectivity index (χ1) is 14.0. The molecule has 0 aliphatic rings. The van der Waals surface area contributed by atoms with Crippen LogP contribution in [-0.4, -0.2) is 39.0 Å². The molecule has 9 heteroatoms. The third-order valence-electron chi connectivity index (χ3n) is 4.72. The van der Waals surface area contributed by atoms with Gasteiger partial charge in [0.15, 0.2) is 0 Å². The molecule has 0 fully saturated rings. The van der Waals surface area contributed by atoms with E-state index in [1.807, 2.05) is 37.3 Å². The highest BCUT2D eigenvalue weighted by Gasteiger charge is 2.22. The second kappa shape index (κ2) is 9.33. The Morgan fingerprint density at radius 3 is 2.72 bits per heavy atom. The van der Waals surface area contributed by atoms with Crippen molar-refractivity contribution in [1.82, 2.24) is 25.3 Å². The molecule has 29 heavy (non-hydrogen) atoms. The quantitative estimate of drug-likeness (QED) is 0.472. The van der Waals surface area contributed by atoms with Gasteiger partial charge in [0.25, 0.3) is 11.3 Å². The molecule has 1 aromatic carbocycles. The number of carbonyl (C=O) groups is 1. The SMILES string of the molecule is CCC(NCCCNC(=O)O)c1nc2onc(C)c2c(=O)n1Cc1ccccc1. The van der Waals surface area contributed by atoms with Crippen molar-refractivity contribution in [2.75, 3.05) is 13.1 Å². The third kappa shape index (κ3) is 4.80. The number of nitrogens with one attached hydrogen (secondary N) is 2. The highest BCUT2D eigenvalue weighted by atomic mass is 16.5. The van der Waals surface area contributed by atoms with Gasteiger partial charge in [0, 0.05) is 6.54 Å². The third-order valence-corrected chi connectivity index (χ3v) is 4.72. The highest BCUT2D eigenvalue weighted by Crippen LogP contribution is 2.19. The van der Waals surface area contributed by atoms with Crippen molar-refractivity contribution >= 4 is 17.2 Å². The fourth-order valence-corrected chi connectivity index (χ4v) is 3.25. The maximum absolute atomic E-state index is 13.2. The zero-order chi connectivity index (χ0) is 20.8. The van der Waals surface area contributed by atoms with E-state index in [2.05, 4.69) is 20.8 Å². The Balaban J connectivity index is 1.92. The van der Waals surface area contributed by atoms with E-state index in [-0.39, 0.29) is 17.3 Å². The Labute approximate surface area is 167 Å². The summed E-state index contributed by atoms with van der Waals surface area (Å²) in [6.45, 7) is 5.05. The number of nitrogens with zero attached hydrogens (tertiary/aromatic N) is 3. The van der Waals surface area contributed by atoms with Crippen LogP contribution in [0.2, 0.25) is 0 Å². The predicted octanol–water partition coefficient (Wildman–Crippen LogP) is 2.44. The first-order valence-electron chi connectivity index (χ1n) is 9.62. The van der Waals surface area contributed by atoms with Gasteiger partial charge in [0.05, 0.1) is 18.3 Å². The van der Waals surface area contributed by atoms with E-state index < -0.39 is 6.09 Å². The first-order valence-corrected chi connectivity index (χ1v) is 9.62. The van der Waals surface area contributed by atoms with Crippen LogP contribution >= 0.6 is 0 Å². The molecule has 0 aliphatic heterocycles. The van der Waals surface area contributed by atoms with Crippen LogP contribution in [0.4, 0.5) is 4.79 Å². The number of amides is 1. The number of hydrogen-bond acceptors (Lipinski definition) is 6.